The van der Waals surface area contributed by atoms with Crippen molar-refractivity contribution >= 4 is 29.2 Å². The predicted octanol–water partition coefficient (Wildman–Crippen LogP) is 2.66. The first kappa shape index (κ1) is 17.2. The second kappa shape index (κ2) is 7.41. The first-order chi connectivity index (χ1) is 10.9. The molecule has 23 heavy (non-hydrogen) atoms. The molecule has 8 heteroatoms. The number of halogens is 1. The Hall–Kier alpha value is -2.15. The van der Waals surface area contributed by atoms with E-state index in [4.69, 9.17) is 16.3 Å². The van der Waals surface area contributed by atoms with Gasteiger partial charge in [0.25, 0.3) is 11.6 Å². The average Bonchev–Trinajstić information content (AvgIpc) is 2.52. The first-order valence-electron chi connectivity index (χ1n) is 7.27. The Kier molecular flexibility index (Phi) is 5.54. The van der Waals surface area contributed by atoms with Gasteiger partial charge in [-0.1, -0.05) is 18.5 Å². The van der Waals surface area contributed by atoms with Crippen LogP contribution in [0.3, 0.4) is 0 Å². The minimum atomic E-state index is -0.932. The number of piperidine rings is 1. The summed E-state index contributed by atoms with van der Waals surface area (Å²) in [7, 11) is 0. The van der Waals surface area contributed by atoms with Crippen molar-refractivity contribution < 1.29 is 19.2 Å². The number of carbonyl (C=O) groups excluding carboxylic acids is 2. The first-order valence-corrected chi connectivity index (χ1v) is 7.65. The van der Waals surface area contributed by atoms with E-state index in [-0.39, 0.29) is 16.5 Å². The zero-order valence-corrected chi connectivity index (χ0v) is 13.4. The summed E-state index contributed by atoms with van der Waals surface area (Å²) in [4.78, 5) is 35.9. The van der Waals surface area contributed by atoms with Gasteiger partial charge >= 0.3 is 5.97 Å². The molecule has 0 bridgehead atoms. The highest BCUT2D eigenvalue weighted by Gasteiger charge is 2.25. The summed E-state index contributed by atoms with van der Waals surface area (Å²) >= 11 is 5.76. The van der Waals surface area contributed by atoms with Crippen LogP contribution in [0.25, 0.3) is 0 Å². The maximum absolute atomic E-state index is 12.0. The number of nitro benzene ring substituents is 1. The van der Waals surface area contributed by atoms with Crippen LogP contribution in [-0.4, -0.2) is 41.4 Å². The quantitative estimate of drug-likeness (QED) is 0.477. The van der Waals surface area contributed by atoms with Gasteiger partial charge in [0, 0.05) is 24.2 Å². The number of amides is 1. The topological polar surface area (TPSA) is 89.8 Å². The van der Waals surface area contributed by atoms with Crippen molar-refractivity contribution in [1.29, 1.82) is 0 Å². The summed E-state index contributed by atoms with van der Waals surface area (Å²) in [6.07, 6.45) is 1.83. The number of nitro groups is 1. The smallest absolute Gasteiger partial charge is 0.345 e. The molecule has 0 spiro atoms. The van der Waals surface area contributed by atoms with E-state index >= 15 is 0 Å². The molecule has 2 rings (SSSR count). The molecule has 0 atom stereocenters. The molecular formula is C15H17ClN2O5. The number of carbonyl (C=O) groups is 2. The van der Waals surface area contributed by atoms with Gasteiger partial charge < -0.3 is 9.64 Å². The molecule has 0 unspecified atom stereocenters. The van der Waals surface area contributed by atoms with Crippen molar-refractivity contribution in [3.63, 3.8) is 0 Å². The van der Waals surface area contributed by atoms with Crippen molar-refractivity contribution in [2.24, 2.45) is 5.92 Å². The lowest BCUT2D eigenvalue weighted by Crippen LogP contribution is -2.40. The Morgan fingerprint density at radius 2 is 2.04 bits per heavy atom. The van der Waals surface area contributed by atoms with E-state index in [0.717, 1.165) is 25.0 Å². The SMILES string of the molecule is CC1CCN(C(=O)COC(=O)c2cc(Cl)ccc2[N+](=O)[O-])CC1. The van der Waals surface area contributed by atoms with Crippen LogP contribution in [0.4, 0.5) is 5.69 Å². The average molecular weight is 341 g/mol. The minimum Gasteiger partial charge on any atom is -0.452 e. The maximum atomic E-state index is 12.0. The fraction of sp³-hybridized carbons (Fsp3) is 0.467. The third-order valence-corrected chi connectivity index (χ3v) is 4.07. The van der Waals surface area contributed by atoms with Crippen LogP contribution in [0, 0.1) is 16.0 Å². The van der Waals surface area contributed by atoms with Crippen LogP contribution < -0.4 is 0 Å². The van der Waals surface area contributed by atoms with Gasteiger partial charge in [-0.15, -0.1) is 0 Å². The molecular weight excluding hydrogens is 324 g/mol. The van der Waals surface area contributed by atoms with Crippen molar-refractivity contribution in [3.8, 4) is 0 Å². The summed E-state index contributed by atoms with van der Waals surface area (Å²) in [6.45, 7) is 2.96. The lowest BCUT2D eigenvalue weighted by molar-refractivity contribution is -0.385. The van der Waals surface area contributed by atoms with Crippen LogP contribution in [0.1, 0.15) is 30.1 Å². The predicted molar refractivity (Wildman–Crippen MR) is 83.4 cm³/mol. The van der Waals surface area contributed by atoms with Crippen molar-refractivity contribution in [2.45, 2.75) is 19.8 Å². The number of benzene rings is 1. The van der Waals surface area contributed by atoms with Crippen LogP contribution in [0.5, 0.6) is 0 Å². The molecule has 1 heterocycles. The lowest BCUT2D eigenvalue weighted by Gasteiger charge is -2.30. The highest BCUT2D eigenvalue weighted by molar-refractivity contribution is 6.31. The Bertz CT molecular complexity index is 626. The summed E-state index contributed by atoms with van der Waals surface area (Å²) in [5, 5.41) is 11.1. The molecule has 1 fully saturated rings. The van der Waals surface area contributed by atoms with Gasteiger partial charge in [0.05, 0.1) is 4.92 Å². The van der Waals surface area contributed by atoms with E-state index in [1.807, 2.05) is 0 Å². The number of rotatable bonds is 4. The standard InChI is InChI=1S/C15H17ClN2O5/c1-10-4-6-17(7-5-10)14(19)9-23-15(20)12-8-11(16)2-3-13(12)18(21)22/h2-3,8,10H,4-7,9H2,1H3. The van der Waals surface area contributed by atoms with Crippen LogP contribution >= 0.6 is 11.6 Å². The highest BCUT2D eigenvalue weighted by atomic mass is 35.5. The molecule has 1 amide bonds. The zero-order chi connectivity index (χ0) is 17.0. The molecule has 1 aromatic carbocycles. The summed E-state index contributed by atoms with van der Waals surface area (Å²) in [6, 6.07) is 3.61. The Labute approximate surface area is 138 Å². The van der Waals surface area contributed by atoms with Gasteiger partial charge in [0.2, 0.25) is 0 Å². The zero-order valence-electron chi connectivity index (χ0n) is 12.7. The molecule has 124 valence electrons. The number of ether oxygens (including phenoxy) is 1. The van der Waals surface area contributed by atoms with Gasteiger partial charge in [-0.05, 0) is 30.9 Å². The molecule has 1 aliphatic heterocycles. The van der Waals surface area contributed by atoms with E-state index < -0.39 is 23.2 Å². The van der Waals surface area contributed by atoms with E-state index in [0.29, 0.717) is 19.0 Å². The van der Waals surface area contributed by atoms with E-state index in [1.165, 1.54) is 6.07 Å². The maximum Gasteiger partial charge on any atom is 0.345 e. The molecule has 1 saturated heterocycles. The second-order valence-corrected chi connectivity index (χ2v) is 5.99. The van der Waals surface area contributed by atoms with Gasteiger partial charge in [0.1, 0.15) is 5.56 Å². The number of hydrogen-bond acceptors (Lipinski definition) is 5. The number of nitrogens with zero attached hydrogens (tertiary/aromatic N) is 2. The van der Waals surface area contributed by atoms with Gasteiger partial charge in [-0.25, -0.2) is 4.79 Å². The number of hydrogen-bond donors (Lipinski definition) is 0. The van der Waals surface area contributed by atoms with Crippen LogP contribution in [0.15, 0.2) is 18.2 Å². The third-order valence-electron chi connectivity index (χ3n) is 3.84. The summed E-state index contributed by atoms with van der Waals surface area (Å²) in [5.74, 6) is -0.649. The third kappa shape index (κ3) is 4.41. The summed E-state index contributed by atoms with van der Waals surface area (Å²) < 4.78 is 4.92. The second-order valence-electron chi connectivity index (χ2n) is 5.56. The van der Waals surface area contributed by atoms with Gasteiger partial charge in [0.15, 0.2) is 6.61 Å². The normalized spacial score (nSPS) is 15.3. The van der Waals surface area contributed by atoms with Crippen LogP contribution in [0.2, 0.25) is 5.02 Å². The highest BCUT2D eigenvalue weighted by Crippen LogP contribution is 2.23. The van der Waals surface area contributed by atoms with Crippen molar-refractivity contribution in [2.75, 3.05) is 19.7 Å². The van der Waals surface area contributed by atoms with Crippen molar-refractivity contribution in [3.05, 3.63) is 38.9 Å². The largest absolute Gasteiger partial charge is 0.452 e. The summed E-state index contributed by atoms with van der Waals surface area (Å²) in [5.41, 5.74) is -0.666. The van der Waals surface area contributed by atoms with Crippen molar-refractivity contribution in [1.82, 2.24) is 4.90 Å². The van der Waals surface area contributed by atoms with E-state index in [9.17, 15) is 19.7 Å². The molecule has 1 aromatic rings. The van der Waals surface area contributed by atoms with Gasteiger partial charge in [-0.3, -0.25) is 14.9 Å². The number of likely N-dealkylation sites (tertiary alicyclic amines) is 1. The molecule has 0 aromatic heterocycles. The minimum absolute atomic E-state index is 0.180. The van der Waals surface area contributed by atoms with E-state index in [2.05, 4.69) is 6.92 Å². The van der Waals surface area contributed by atoms with E-state index in [1.54, 1.807) is 4.90 Å². The monoisotopic (exact) mass is 340 g/mol. The fourth-order valence-electron chi connectivity index (χ4n) is 2.39. The van der Waals surface area contributed by atoms with Gasteiger partial charge in [-0.2, -0.15) is 0 Å². The molecule has 0 saturated carbocycles. The molecule has 7 nitrogen and oxygen atoms in total. The Morgan fingerprint density at radius 3 is 2.65 bits per heavy atom. The molecule has 0 radical (unpaired) electrons. The molecule has 1 aliphatic rings. The lowest BCUT2D eigenvalue weighted by atomic mass is 9.99. The molecule has 0 N–H and O–H groups in total. The number of esters is 1. The fourth-order valence-corrected chi connectivity index (χ4v) is 2.56. The molecule has 0 aliphatic carbocycles. The van der Waals surface area contributed by atoms with Crippen LogP contribution in [-0.2, 0) is 9.53 Å². The Morgan fingerprint density at radius 1 is 1.39 bits per heavy atom. The Balaban J connectivity index is 1.98.